The summed E-state index contributed by atoms with van der Waals surface area (Å²) in [5.74, 6) is -0.538. The summed E-state index contributed by atoms with van der Waals surface area (Å²) in [5, 5.41) is 10.9. The van der Waals surface area contributed by atoms with Gasteiger partial charge in [-0.25, -0.2) is 4.79 Å². The molecule has 3 aromatic rings. The number of aryl methyl sites for hydroxylation is 3. The van der Waals surface area contributed by atoms with Crippen LogP contribution in [0.25, 0.3) is 11.1 Å². The number of carbonyl (C=O) groups is 1. The Labute approximate surface area is 166 Å². The third-order valence-corrected chi connectivity index (χ3v) is 5.36. The number of para-hydroxylation sites is 1. The molecule has 0 saturated carbocycles. The van der Waals surface area contributed by atoms with Gasteiger partial charge in [0.25, 0.3) is 5.69 Å². The van der Waals surface area contributed by atoms with Crippen molar-refractivity contribution in [1.29, 1.82) is 0 Å². The zero-order valence-electron chi connectivity index (χ0n) is 16.1. The highest BCUT2D eigenvalue weighted by Crippen LogP contribution is 2.31. The summed E-state index contributed by atoms with van der Waals surface area (Å²) in [6.45, 7) is 3.03. The summed E-state index contributed by atoms with van der Waals surface area (Å²) in [6, 6.07) is 10.2. The number of hydrogen-bond acceptors (Lipinski definition) is 5. The molecule has 0 unspecified atom stereocenters. The van der Waals surface area contributed by atoms with Crippen LogP contribution in [0.3, 0.4) is 0 Å². The Bertz CT molecular complexity index is 1160. The van der Waals surface area contributed by atoms with Crippen molar-refractivity contribution >= 4 is 28.4 Å². The number of amides is 1. The highest BCUT2D eigenvalue weighted by Gasteiger charge is 2.23. The number of aromatic nitrogens is 1. The van der Waals surface area contributed by atoms with E-state index >= 15 is 0 Å². The lowest BCUT2D eigenvalue weighted by atomic mass is 9.98. The molecule has 8 nitrogen and oxygen atoms in total. The van der Waals surface area contributed by atoms with Crippen LogP contribution in [0, 0.1) is 17.0 Å². The minimum atomic E-state index is -0.577. The molecule has 1 aliphatic heterocycles. The summed E-state index contributed by atoms with van der Waals surface area (Å²) >= 11 is 0. The maximum Gasteiger partial charge on any atom is 0.419 e. The maximum atomic E-state index is 12.8. The number of carbonyl (C=O) groups excluding carboxylic acids is 1. The lowest BCUT2D eigenvalue weighted by Crippen LogP contribution is -2.36. The van der Waals surface area contributed by atoms with Gasteiger partial charge in [-0.15, -0.1) is 0 Å². The average molecular weight is 395 g/mol. The molecule has 150 valence electrons. The molecular formula is C21H21N3O5. The molecule has 0 N–H and O–H groups in total. The fourth-order valence-electron chi connectivity index (χ4n) is 4.00. The topological polar surface area (TPSA) is 98.6 Å². The Hall–Kier alpha value is -3.42. The molecule has 0 fully saturated rings. The predicted octanol–water partition coefficient (Wildman–Crippen LogP) is 3.57. The normalized spacial score (nSPS) is 13.5. The van der Waals surface area contributed by atoms with E-state index in [-0.39, 0.29) is 17.2 Å². The summed E-state index contributed by atoms with van der Waals surface area (Å²) < 4.78 is 6.55. The van der Waals surface area contributed by atoms with E-state index < -0.39 is 10.7 Å². The smallest absolute Gasteiger partial charge is 0.407 e. The third-order valence-electron chi connectivity index (χ3n) is 5.36. The Balaban J connectivity index is 1.48. The van der Waals surface area contributed by atoms with E-state index in [1.54, 1.807) is 0 Å². The number of oxazole rings is 1. The van der Waals surface area contributed by atoms with Gasteiger partial charge in [0, 0.05) is 31.3 Å². The molecule has 1 amide bonds. The van der Waals surface area contributed by atoms with Gasteiger partial charge in [0.2, 0.25) is 5.91 Å². The van der Waals surface area contributed by atoms with Crippen LogP contribution in [0.2, 0.25) is 0 Å². The second-order valence-corrected chi connectivity index (χ2v) is 7.26. The first-order valence-corrected chi connectivity index (χ1v) is 9.62. The molecule has 0 bridgehead atoms. The van der Waals surface area contributed by atoms with Gasteiger partial charge >= 0.3 is 5.76 Å². The molecule has 8 heteroatoms. The van der Waals surface area contributed by atoms with Crippen LogP contribution in [0.4, 0.5) is 11.4 Å². The van der Waals surface area contributed by atoms with Crippen molar-refractivity contribution in [2.24, 2.45) is 0 Å². The maximum absolute atomic E-state index is 12.8. The zero-order valence-corrected chi connectivity index (χ0v) is 16.1. The molecule has 2 heterocycles. The van der Waals surface area contributed by atoms with Crippen molar-refractivity contribution < 1.29 is 14.1 Å². The van der Waals surface area contributed by atoms with Crippen molar-refractivity contribution in [1.82, 2.24) is 4.57 Å². The Morgan fingerprint density at radius 2 is 2.10 bits per heavy atom. The number of rotatable bonds is 5. The minimum absolute atomic E-state index is 0.0386. The summed E-state index contributed by atoms with van der Waals surface area (Å²) in [4.78, 5) is 37.2. The monoisotopic (exact) mass is 395 g/mol. The standard InChI is InChI=1S/C21H21N3O5/c1-14-5-2-6-15-7-3-12-23(20(14)15)19(25)8-4-11-22-17-10-9-16(24(27)28)13-18(17)29-21(22)26/h2,5-6,9-10,13H,3-4,7-8,11-12H2,1H3. The number of nitro benzene ring substituents is 1. The first kappa shape index (κ1) is 18.9. The van der Waals surface area contributed by atoms with Gasteiger partial charge in [-0.1, -0.05) is 18.2 Å². The van der Waals surface area contributed by atoms with Crippen LogP contribution < -0.4 is 10.7 Å². The van der Waals surface area contributed by atoms with Crippen molar-refractivity contribution in [2.45, 2.75) is 39.2 Å². The van der Waals surface area contributed by atoms with Crippen LogP contribution >= 0.6 is 0 Å². The average Bonchev–Trinajstić information content (AvgIpc) is 3.02. The molecule has 29 heavy (non-hydrogen) atoms. The van der Waals surface area contributed by atoms with Gasteiger partial charge in [-0.2, -0.15) is 0 Å². The van der Waals surface area contributed by atoms with Gasteiger partial charge < -0.3 is 9.32 Å². The van der Waals surface area contributed by atoms with E-state index in [0.29, 0.717) is 31.4 Å². The van der Waals surface area contributed by atoms with Gasteiger partial charge in [-0.3, -0.25) is 19.5 Å². The van der Waals surface area contributed by atoms with E-state index in [2.05, 4.69) is 6.07 Å². The molecule has 4 rings (SSSR count). The summed E-state index contributed by atoms with van der Waals surface area (Å²) in [6.07, 6.45) is 2.69. The SMILES string of the molecule is Cc1cccc2c1N(C(=O)CCCn1c(=O)oc3cc([N+](=O)[O-])ccc31)CCC2. The molecule has 0 aliphatic carbocycles. The number of nitrogens with zero attached hydrogens (tertiary/aromatic N) is 3. The molecule has 0 radical (unpaired) electrons. The second-order valence-electron chi connectivity index (χ2n) is 7.26. The highest BCUT2D eigenvalue weighted by atomic mass is 16.6. The molecule has 0 spiro atoms. The second kappa shape index (κ2) is 7.54. The van der Waals surface area contributed by atoms with E-state index in [0.717, 1.165) is 24.1 Å². The lowest BCUT2D eigenvalue weighted by Gasteiger charge is -2.31. The fraction of sp³-hybridized carbons (Fsp3) is 0.333. The minimum Gasteiger partial charge on any atom is -0.407 e. The molecule has 1 aromatic heterocycles. The van der Waals surface area contributed by atoms with E-state index in [1.165, 1.54) is 28.3 Å². The summed E-state index contributed by atoms with van der Waals surface area (Å²) in [7, 11) is 0. The molecule has 0 saturated heterocycles. The number of anilines is 1. The highest BCUT2D eigenvalue weighted by molar-refractivity contribution is 5.95. The van der Waals surface area contributed by atoms with Crippen LogP contribution in [0.5, 0.6) is 0 Å². The van der Waals surface area contributed by atoms with Gasteiger partial charge in [-0.05, 0) is 43.4 Å². The predicted molar refractivity (Wildman–Crippen MR) is 108 cm³/mol. The molecular weight excluding hydrogens is 374 g/mol. The van der Waals surface area contributed by atoms with E-state index in [9.17, 15) is 19.7 Å². The van der Waals surface area contributed by atoms with Crippen molar-refractivity contribution in [3.05, 3.63) is 68.2 Å². The molecule has 2 aromatic carbocycles. The zero-order chi connectivity index (χ0) is 20.5. The van der Waals surface area contributed by atoms with Crippen molar-refractivity contribution in [3.8, 4) is 0 Å². The Morgan fingerprint density at radius 3 is 2.90 bits per heavy atom. The number of hydrogen-bond donors (Lipinski definition) is 0. The van der Waals surface area contributed by atoms with Crippen LogP contribution in [-0.4, -0.2) is 21.9 Å². The van der Waals surface area contributed by atoms with E-state index in [1.807, 2.05) is 24.0 Å². The Morgan fingerprint density at radius 1 is 1.28 bits per heavy atom. The van der Waals surface area contributed by atoms with Gasteiger partial charge in [0.15, 0.2) is 5.58 Å². The number of benzene rings is 2. The van der Waals surface area contributed by atoms with Crippen molar-refractivity contribution in [2.75, 3.05) is 11.4 Å². The largest absolute Gasteiger partial charge is 0.419 e. The first-order chi connectivity index (χ1) is 14.0. The van der Waals surface area contributed by atoms with Gasteiger partial charge in [0.1, 0.15) is 0 Å². The quantitative estimate of drug-likeness (QED) is 0.486. The van der Waals surface area contributed by atoms with Crippen LogP contribution in [-0.2, 0) is 17.8 Å². The number of nitro groups is 1. The Kier molecular flexibility index (Phi) is 4.92. The lowest BCUT2D eigenvalue weighted by molar-refractivity contribution is -0.384. The molecule has 1 aliphatic rings. The van der Waals surface area contributed by atoms with Crippen LogP contribution in [0.15, 0.2) is 45.6 Å². The fourth-order valence-corrected chi connectivity index (χ4v) is 4.00. The molecule has 0 atom stereocenters. The third kappa shape index (κ3) is 3.53. The van der Waals surface area contributed by atoms with Gasteiger partial charge in [0.05, 0.1) is 16.5 Å². The first-order valence-electron chi connectivity index (χ1n) is 9.62. The number of fused-ring (bicyclic) bond motifs is 2. The van der Waals surface area contributed by atoms with E-state index in [4.69, 9.17) is 4.42 Å². The summed E-state index contributed by atoms with van der Waals surface area (Å²) in [5.41, 5.74) is 3.84. The van der Waals surface area contributed by atoms with Crippen molar-refractivity contribution in [3.63, 3.8) is 0 Å². The number of non-ortho nitro benzene ring substituents is 1. The van der Waals surface area contributed by atoms with Crippen LogP contribution in [0.1, 0.15) is 30.4 Å².